The van der Waals surface area contributed by atoms with Crippen molar-refractivity contribution in [3.8, 4) is 5.75 Å². The molecule has 0 heterocycles. The zero-order chi connectivity index (χ0) is 11.3. The quantitative estimate of drug-likeness (QED) is 0.705. The molecule has 1 aromatic carbocycles. The van der Waals surface area contributed by atoms with Gasteiger partial charge in [0.25, 0.3) is 0 Å². The molecule has 0 aliphatic carbocycles. The highest BCUT2D eigenvalue weighted by Gasteiger charge is 2.02. The van der Waals surface area contributed by atoms with E-state index in [1.54, 1.807) is 19.3 Å². The average Bonchev–Trinajstić information content (AvgIpc) is 2.26. The molecular weight excluding hydrogens is 188 g/mol. The number of hydrogen-bond acceptors (Lipinski definition) is 2. The van der Waals surface area contributed by atoms with Crippen LogP contribution in [0.15, 0.2) is 30.3 Å². The summed E-state index contributed by atoms with van der Waals surface area (Å²) in [4.78, 5) is 11.4. The minimum Gasteiger partial charge on any atom is -0.496 e. The van der Waals surface area contributed by atoms with Crippen molar-refractivity contribution in [1.82, 2.24) is 0 Å². The van der Waals surface area contributed by atoms with Crippen LogP contribution in [0.25, 0.3) is 6.08 Å². The van der Waals surface area contributed by atoms with Gasteiger partial charge in [-0.1, -0.05) is 32.0 Å². The Morgan fingerprint density at radius 1 is 1.33 bits per heavy atom. The third-order valence-corrected chi connectivity index (χ3v) is 2.14. The highest BCUT2D eigenvalue weighted by atomic mass is 16.5. The Hall–Kier alpha value is -1.57. The van der Waals surface area contributed by atoms with Gasteiger partial charge in [0.2, 0.25) is 0 Å². The summed E-state index contributed by atoms with van der Waals surface area (Å²) in [6, 6.07) is 7.62. The summed E-state index contributed by atoms with van der Waals surface area (Å²) >= 11 is 0. The molecule has 0 aliphatic rings. The van der Waals surface area contributed by atoms with Crippen molar-refractivity contribution in [3.05, 3.63) is 35.9 Å². The predicted molar refractivity (Wildman–Crippen MR) is 61.9 cm³/mol. The third kappa shape index (κ3) is 3.24. The van der Waals surface area contributed by atoms with Crippen molar-refractivity contribution >= 4 is 11.9 Å². The summed E-state index contributed by atoms with van der Waals surface area (Å²) < 4.78 is 5.18. The lowest BCUT2D eigenvalue weighted by Gasteiger charge is -2.03. The maximum absolute atomic E-state index is 11.4. The molecule has 2 nitrogen and oxygen atoms in total. The Morgan fingerprint density at radius 2 is 2.00 bits per heavy atom. The second-order valence-electron chi connectivity index (χ2n) is 3.63. The first kappa shape index (κ1) is 11.5. The van der Waals surface area contributed by atoms with E-state index < -0.39 is 0 Å². The molecule has 0 amide bonds. The van der Waals surface area contributed by atoms with E-state index in [1.165, 1.54) is 0 Å². The van der Waals surface area contributed by atoms with Crippen molar-refractivity contribution in [2.75, 3.05) is 7.11 Å². The number of carbonyl (C=O) groups is 1. The molecule has 1 aromatic rings. The summed E-state index contributed by atoms with van der Waals surface area (Å²) in [6.45, 7) is 3.77. The molecule has 1 rings (SSSR count). The minimum atomic E-state index is 0.0379. The van der Waals surface area contributed by atoms with Gasteiger partial charge in [0.1, 0.15) is 5.75 Å². The number of ether oxygens (including phenoxy) is 1. The van der Waals surface area contributed by atoms with Gasteiger partial charge in [-0.05, 0) is 18.2 Å². The second kappa shape index (κ2) is 5.35. The average molecular weight is 204 g/mol. The van der Waals surface area contributed by atoms with Crippen LogP contribution in [0.5, 0.6) is 5.75 Å². The zero-order valence-corrected chi connectivity index (χ0v) is 9.36. The number of benzene rings is 1. The summed E-state index contributed by atoms with van der Waals surface area (Å²) in [5.74, 6) is 0.946. The predicted octanol–water partition coefficient (Wildman–Crippen LogP) is 2.93. The first-order valence-corrected chi connectivity index (χ1v) is 5.00. The molecular formula is C13H16O2. The number of allylic oxidation sites excluding steroid dienone is 1. The number of methoxy groups -OCH3 is 1. The normalized spacial score (nSPS) is 10.9. The highest BCUT2D eigenvalue weighted by molar-refractivity contribution is 5.95. The number of para-hydroxylation sites is 1. The largest absolute Gasteiger partial charge is 0.496 e. The summed E-state index contributed by atoms with van der Waals surface area (Å²) in [7, 11) is 1.62. The van der Waals surface area contributed by atoms with Crippen LogP contribution in [0.3, 0.4) is 0 Å². The van der Waals surface area contributed by atoms with Gasteiger partial charge >= 0.3 is 0 Å². The van der Waals surface area contributed by atoms with Gasteiger partial charge < -0.3 is 4.74 Å². The molecule has 0 saturated carbocycles. The van der Waals surface area contributed by atoms with Gasteiger partial charge in [0.05, 0.1) is 7.11 Å². The van der Waals surface area contributed by atoms with E-state index >= 15 is 0 Å². The number of rotatable bonds is 4. The van der Waals surface area contributed by atoms with Crippen LogP contribution in [0.2, 0.25) is 0 Å². The van der Waals surface area contributed by atoms with Crippen LogP contribution in [0.4, 0.5) is 0 Å². The summed E-state index contributed by atoms with van der Waals surface area (Å²) in [6.07, 6.45) is 3.39. The smallest absolute Gasteiger partial charge is 0.158 e. The molecule has 2 heteroatoms. The molecule has 15 heavy (non-hydrogen) atoms. The van der Waals surface area contributed by atoms with Gasteiger partial charge in [-0.2, -0.15) is 0 Å². The van der Waals surface area contributed by atoms with Crippen molar-refractivity contribution in [2.45, 2.75) is 13.8 Å². The van der Waals surface area contributed by atoms with Gasteiger partial charge in [-0.3, -0.25) is 4.79 Å². The van der Waals surface area contributed by atoms with Gasteiger partial charge in [-0.15, -0.1) is 0 Å². The Balaban J connectivity index is 2.84. The Morgan fingerprint density at radius 3 is 2.60 bits per heavy atom. The van der Waals surface area contributed by atoms with Crippen LogP contribution in [-0.4, -0.2) is 12.9 Å². The summed E-state index contributed by atoms with van der Waals surface area (Å²) in [5.41, 5.74) is 0.925. The van der Waals surface area contributed by atoms with E-state index in [1.807, 2.05) is 38.1 Å². The van der Waals surface area contributed by atoms with E-state index in [0.29, 0.717) is 0 Å². The first-order valence-electron chi connectivity index (χ1n) is 5.00. The van der Waals surface area contributed by atoms with Crippen molar-refractivity contribution < 1.29 is 9.53 Å². The molecule has 80 valence electrons. The SMILES string of the molecule is COc1ccccc1/C=C/C(=O)C(C)C. The van der Waals surface area contributed by atoms with Crippen LogP contribution in [0.1, 0.15) is 19.4 Å². The molecule has 0 N–H and O–H groups in total. The fraction of sp³-hybridized carbons (Fsp3) is 0.308. The van der Waals surface area contributed by atoms with Gasteiger partial charge in [0.15, 0.2) is 5.78 Å². The molecule has 0 atom stereocenters. The Labute approximate surface area is 90.6 Å². The van der Waals surface area contributed by atoms with Crippen LogP contribution in [-0.2, 0) is 4.79 Å². The van der Waals surface area contributed by atoms with E-state index in [0.717, 1.165) is 11.3 Å². The molecule has 0 aromatic heterocycles. The number of hydrogen-bond donors (Lipinski definition) is 0. The fourth-order valence-electron chi connectivity index (χ4n) is 1.17. The lowest BCUT2D eigenvalue weighted by molar-refractivity contribution is -0.117. The van der Waals surface area contributed by atoms with Gasteiger partial charge in [-0.25, -0.2) is 0 Å². The van der Waals surface area contributed by atoms with Crippen LogP contribution >= 0.6 is 0 Å². The van der Waals surface area contributed by atoms with Crippen molar-refractivity contribution in [1.29, 1.82) is 0 Å². The van der Waals surface area contributed by atoms with Gasteiger partial charge in [0, 0.05) is 11.5 Å². The van der Waals surface area contributed by atoms with E-state index in [4.69, 9.17) is 4.74 Å². The molecule has 0 spiro atoms. The topological polar surface area (TPSA) is 26.3 Å². The fourth-order valence-corrected chi connectivity index (χ4v) is 1.17. The minimum absolute atomic E-state index is 0.0379. The van der Waals surface area contributed by atoms with E-state index in [9.17, 15) is 4.79 Å². The Bertz CT molecular complexity index is 365. The lowest BCUT2D eigenvalue weighted by atomic mass is 10.1. The standard InChI is InChI=1S/C13H16O2/c1-10(2)12(14)9-8-11-6-4-5-7-13(11)15-3/h4-10H,1-3H3/b9-8+. The number of ketones is 1. The maximum atomic E-state index is 11.4. The van der Waals surface area contributed by atoms with E-state index in [-0.39, 0.29) is 11.7 Å². The lowest BCUT2D eigenvalue weighted by Crippen LogP contribution is -2.01. The van der Waals surface area contributed by atoms with Crippen molar-refractivity contribution in [3.63, 3.8) is 0 Å². The second-order valence-corrected chi connectivity index (χ2v) is 3.63. The van der Waals surface area contributed by atoms with Crippen molar-refractivity contribution in [2.24, 2.45) is 5.92 Å². The molecule has 0 saturated heterocycles. The molecule has 0 aliphatic heterocycles. The molecule has 0 fully saturated rings. The first-order chi connectivity index (χ1) is 7.15. The Kier molecular flexibility index (Phi) is 4.10. The van der Waals surface area contributed by atoms with E-state index in [2.05, 4.69) is 0 Å². The maximum Gasteiger partial charge on any atom is 0.158 e. The monoisotopic (exact) mass is 204 g/mol. The molecule has 0 unspecified atom stereocenters. The molecule has 0 bridgehead atoms. The molecule has 0 radical (unpaired) electrons. The number of carbonyl (C=O) groups excluding carboxylic acids is 1. The summed E-state index contributed by atoms with van der Waals surface area (Å²) in [5, 5.41) is 0. The van der Waals surface area contributed by atoms with Crippen LogP contribution < -0.4 is 4.74 Å². The van der Waals surface area contributed by atoms with Crippen LogP contribution in [0, 0.1) is 5.92 Å². The highest BCUT2D eigenvalue weighted by Crippen LogP contribution is 2.18. The third-order valence-electron chi connectivity index (χ3n) is 2.14. The zero-order valence-electron chi connectivity index (χ0n) is 9.36.